The van der Waals surface area contributed by atoms with Gasteiger partial charge in [0.05, 0.1) is 36.8 Å². The van der Waals surface area contributed by atoms with E-state index in [9.17, 15) is 28.0 Å². The first-order valence-electron chi connectivity index (χ1n) is 9.57. The highest BCUT2D eigenvalue weighted by molar-refractivity contribution is 6.00. The molecule has 1 aromatic rings. The molecular weight excluding hydrogens is 439 g/mol. The van der Waals surface area contributed by atoms with Crippen molar-refractivity contribution in [3.63, 3.8) is 0 Å². The van der Waals surface area contributed by atoms with Crippen LogP contribution in [0.3, 0.4) is 0 Å². The molecule has 0 saturated heterocycles. The van der Waals surface area contributed by atoms with Crippen molar-refractivity contribution >= 4 is 11.9 Å². The largest absolute Gasteiger partial charge is 0.466 e. The number of nitriles is 1. The van der Waals surface area contributed by atoms with Gasteiger partial charge in [0.25, 0.3) is 0 Å². The predicted molar refractivity (Wildman–Crippen MR) is 116 cm³/mol. The molecule has 0 bridgehead atoms. The van der Waals surface area contributed by atoms with Crippen molar-refractivity contribution in [1.82, 2.24) is 9.80 Å². The Bertz CT molecular complexity index is 990. The molecule has 0 amide bonds. The highest BCUT2D eigenvalue weighted by Gasteiger charge is 2.42. The molecule has 180 valence electrons. The monoisotopic (exact) mass is 467 g/mol. The Kier molecular flexibility index (Phi) is 9.24. The van der Waals surface area contributed by atoms with E-state index in [1.165, 1.54) is 24.1 Å². The fraction of sp³-hybridized carbons (Fsp3) is 0.435. The number of allylic oxidation sites excluding steroid dienone is 1. The summed E-state index contributed by atoms with van der Waals surface area (Å²) in [6.07, 6.45) is -4.23. The van der Waals surface area contributed by atoms with Gasteiger partial charge in [-0.2, -0.15) is 18.4 Å². The van der Waals surface area contributed by atoms with E-state index in [1.54, 1.807) is 7.05 Å². The first kappa shape index (κ1) is 27.7. The van der Waals surface area contributed by atoms with Gasteiger partial charge in [0.2, 0.25) is 0 Å². The van der Waals surface area contributed by atoms with Crippen LogP contribution < -0.4 is 0 Å². The summed E-state index contributed by atoms with van der Waals surface area (Å²) in [7, 11) is 7.49. The van der Waals surface area contributed by atoms with Crippen LogP contribution in [0.4, 0.5) is 13.2 Å². The van der Waals surface area contributed by atoms with Gasteiger partial charge in [-0.25, -0.2) is 9.59 Å². The number of benzene rings is 1. The molecule has 0 radical (unpaired) electrons. The number of hydrogen-bond acceptors (Lipinski definition) is 7. The summed E-state index contributed by atoms with van der Waals surface area (Å²) in [4.78, 5) is 28.9. The van der Waals surface area contributed by atoms with Gasteiger partial charge in [-0.15, -0.1) is 0 Å². The Morgan fingerprint density at radius 1 is 1.09 bits per heavy atom. The van der Waals surface area contributed by atoms with Crippen LogP contribution in [0.2, 0.25) is 0 Å². The van der Waals surface area contributed by atoms with Crippen LogP contribution in [-0.2, 0) is 25.2 Å². The molecular formula is C23H28F3N3O4. The summed E-state index contributed by atoms with van der Waals surface area (Å²) in [6, 6.07) is 6.07. The fourth-order valence-corrected chi connectivity index (χ4v) is 3.58. The number of carbonyl (C=O) groups is 2. The number of ether oxygens (including phenoxy) is 2. The van der Waals surface area contributed by atoms with Crippen molar-refractivity contribution in [2.75, 3.05) is 41.9 Å². The third-order valence-electron chi connectivity index (χ3n) is 5.17. The molecule has 0 spiro atoms. The number of nitrogens with zero attached hydrogens (tertiary/aromatic N) is 3. The minimum atomic E-state index is -4.55. The van der Waals surface area contributed by atoms with Gasteiger partial charge in [0.15, 0.2) is 0 Å². The van der Waals surface area contributed by atoms with Gasteiger partial charge in [-0.05, 0) is 31.8 Å². The smallest absolute Gasteiger partial charge is 0.416 e. The van der Waals surface area contributed by atoms with Crippen LogP contribution >= 0.6 is 0 Å². The molecule has 1 aliphatic rings. The lowest BCUT2D eigenvalue weighted by molar-refractivity contribution is -0.138. The molecule has 2 rings (SSSR count). The molecule has 1 atom stereocenters. The van der Waals surface area contributed by atoms with Crippen molar-refractivity contribution in [3.05, 3.63) is 57.9 Å². The summed E-state index contributed by atoms with van der Waals surface area (Å²) in [5, 5.41) is 9.81. The first-order valence-corrected chi connectivity index (χ1v) is 9.57. The van der Waals surface area contributed by atoms with Crippen LogP contribution in [0.5, 0.6) is 0 Å². The molecule has 0 aromatic heterocycles. The zero-order chi connectivity index (χ0) is 24.2. The van der Waals surface area contributed by atoms with Crippen molar-refractivity contribution in [2.45, 2.75) is 25.9 Å². The summed E-state index contributed by atoms with van der Waals surface area (Å²) in [5.74, 6) is -2.76. The second kappa shape index (κ2) is 11.0. The number of alkyl halides is 3. The van der Waals surface area contributed by atoms with Crippen LogP contribution in [0.25, 0.3) is 0 Å². The van der Waals surface area contributed by atoms with E-state index < -0.39 is 29.6 Å². The number of esters is 2. The van der Waals surface area contributed by atoms with Crippen LogP contribution in [0.15, 0.2) is 46.8 Å². The molecule has 0 N–H and O–H groups in total. The van der Waals surface area contributed by atoms with E-state index in [-0.39, 0.29) is 29.8 Å². The Labute approximate surface area is 191 Å². The van der Waals surface area contributed by atoms with Crippen molar-refractivity contribution in [3.8, 4) is 6.07 Å². The second-order valence-corrected chi connectivity index (χ2v) is 7.38. The maximum atomic E-state index is 13.1. The number of hydrogen-bond donors (Lipinski definition) is 0. The van der Waals surface area contributed by atoms with E-state index in [2.05, 4.69) is 0 Å². The van der Waals surface area contributed by atoms with Crippen molar-refractivity contribution < 1.29 is 32.2 Å². The normalized spacial score (nSPS) is 16.4. The average molecular weight is 467 g/mol. The summed E-state index contributed by atoms with van der Waals surface area (Å²) < 4.78 is 49.0. The summed E-state index contributed by atoms with van der Waals surface area (Å²) in [6.45, 7) is 0.506. The average Bonchev–Trinajstić information content (AvgIpc) is 2.75. The van der Waals surface area contributed by atoms with Crippen molar-refractivity contribution in [2.24, 2.45) is 0 Å². The maximum absolute atomic E-state index is 13.1. The van der Waals surface area contributed by atoms with Gasteiger partial charge in [-0.1, -0.05) is 19.6 Å². The predicted octanol–water partition coefficient (Wildman–Crippen LogP) is 3.70. The maximum Gasteiger partial charge on any atom is 0.416 e. The van der Waals surface area contributed by atoms with Crippen molar-refractivity contribution in [1.29, 1.82) is 5.26 Å². The second-order valence-electron chi connectivity index (χ2n) is 7.38. The number of rotatable bonds is 6. The minimum absolute atomic E-state index is 0. The lowest BCUT2D eigenvalue weighted by atomic mass is 9.79. The fourth-order valence-electron chi connectivity index (χ4n) is 3.58. The third-order valence-corrected chi connectivity index (χ3v) is 5.17. The quantitative estimate of drug-likeness (QED) is 0.590. The van der Waals surface area contributed by atoms with E-state index in [0.717, 1.165) is 19.2 Å². The molecule has 7 nitrogen and oxygen atoms in total. The number of methoxy groups -OCH3 is 2. The van der Waals surface area contributed by atoms with Gasteiger partial charge in [-0.3, -0.25) is 0 Å². The number of carbonyl (C=O) groups excluding carboxylic acids is 2. The molecule has 1 aromatic carbocycles. The SMILES string of the molecule is C.COC(=O)C1=C(C#N)N(C)C(CCN(C)C)=C(C(=O)OC)C1c1ccc(C(F)(F)F)cc1. The zero-order valence-corrected chi connectivity index (χ0v) is 18.4. The van der Waals surface area contributed by atoms with Crippen LogP contribution in [0.1, 0.15) is 30.9 Å². The summed E-state index contributed by atoms with van der Waals surface area (Å²) >= 11 is 0. The zero-order valence-electron chi connectivity index (χ0n) is 18.4. The van der Waals surface area contributed by atoms with Crippen LogP contribution in [0, 0.1) is 11.3 Å². The highest BCUT2D eigenvalue weighted by atomic mass is 19.4. The molecule has 1 heterocycles. The molecule has 1 aliphatic heterocycles. The first-order chi connectivity index (χ1) is 15.0. The molecule has 0 saturated carbocycles. The molecule has 1 unspecified atom stereocenters. The number of halogens is 3. The van der Waals surface area contributed by atoms with Crippen LogP contribution in [-0.4, -0.2) is 63.6 Å². The standard InChI is InChI=1S/C22H24F3N3O4.CH4/c1-27(2)11-10-15-18(20(29)31-4)17(13-6-8-14(9-7-13)22(23,24)25)19(21(30)32-5)16(12-26)28(15)3;/h6-9,17H,10-11H2,1-5H3;1H4. The van der Waals surface area contributed by atoms with E-state index in [4.69, 9.17) is 9.47 Å². The topological polar surface area (TPSA) is 82.9 Å². The lowest BCUT2D eigenvalue weighted by Gasteiger charge is -2.36. The molecule has 0 aliphatic carbocycles. The Hall–Kier alpha value is -3.32. The highest BCUT2D eigenvalue weighted by Crippen LogP contribution is 2.43. The van der Waals surface area contributed by atoms with Gasteiger partial charge < -0.3 is 19.3 Å². The van der Waals surface area contributed by atoms with Gasteiger partial charge in [0.1, 0.15) is 11.8 Å². The van der Waals surface area contributed by atoms with Gasteiger partial charge >= 0.3 is 18.1 Å². The Morgan fingerprint density at radius 3 is 2.03 bits per heavy atom. The van der Waals surface area contributed by atoms with E-state index in [0.29, 0.717) is 18.7 Å². The molecule has 0 fully saturated rings. The minimum Gasteiger partial charge on any atom is -0.466 e. The summed E-state index contributed by atoms with van der Waals surface area (Å²) in [5.41, 5.74) is -0.359. The van der Waals surface area contributed by atoms with E-state index >= 15 is 0 Å². The third kappa shape index (κ3) is 5.73. The Morgan fingerprint density at radius 2 is 1.61 bits per heavy atom. The molecule has 33 heavy (non-hydrogen) atoms. The Balaban J connectivity index is 0.00000544. The van der Waals surface area contributed by atoms with Gasteiger partial charge in [0, 0.05) is 25.7 Å². The van der Waals surface area contributed by atoms with E-state index in [1.807, 2.05) is 25.1 Å². The molecule has 10 heteroatoms. The lowest BCUT2D eigenvalue weighted by Crippen LogP contribution is -2.35.